The Labute approximate surface area is 97.8 Å². The maximum absolute atomic E-state index is 11.4. The zero-order valence-corrected chi connectivity index (χ0v) is 10.1. The summed E-state index contributed by atoms with van der Waals surface area (Å²) in [4.78, 5) is 11.4. The van der Waals surface area contributed by atoms with Crippen LogP contribution in [0.2, 0.25) is 0 Å². The molecule has 0 unspecified atom stereocenters. The Balaban J connectivity index is 1.96. The first-order valence-corrected chi connectivity index (χ1v) is 6.33. The number of esters is 1. The Kier molecular flexibility index (Phi) is 5.31. The molecule has 0 amide bonds. The molecule has 0 N–H and O–H groups in total. The summed E-state index contributed by atoms with van der Waals surface area (Å²) in [5.41, 5.74) is -0.762. The monoisotopic (exact) mass is 223 g/mol. The number of carbonyl (C=O) groups is 1. The van der Waals surface area contributed by atoms with Gasteiger partial charge in [0.2, 0.25) is 0 Å². The molecule has 3 nitrogen and oxygen atoms in total. The highest BCUT2D eigenvalue weighted by Crippen LogP contribution is 2.45. The van der Waals surface area contributed by atoms with Crippen LogP contribution in [0.25, 0.3) is 0 Å². The molecule has 1 aliphatic rings. The SMILES string of the molecule is CCCCCCCCOC(=O)C1(C#N)CC1. The zero-order valence-electron chi connectivity index (χ0n) is 10.1. The molecular formula is C13H21NO2. The average molecular weight is 223 g/mol. The van der Waals surface area contributed by atoms with Crippen molar-refractivity contribution in [3.63, 3.8) is 0 Å². The number of hydrogen-bond acceptors (Lipinski definition) is 3. The highest BCUT2D eigenvalue weighted by molar-refractivity contribution is 5.83. The maximum atomic E-state index is 11.4. The van der Waals surface area contributed by atoms with Crippen molar-refractivity contribution in [3.8, 4) is 6.07 Å². The molecule has 1 fully saturated rings. The first-order valence-electron chi connectivity index (χ1n) is 6.33. The second kappa shape index (κ2) is 6.52. The van der Waals surface area contributed by atoms with Crippen LogP contribution < -0.4 is 0 Å². The van der Waals surface area contributed by atoms with Gasteiger partial charge in [-0.25, -0.2) is 0 Å². The summed E-state index contributed by atoms with van der Waals surface area (Å²) in [6, 6.07) is 2.05. The van der Waals surface area contributed by atoms with E-state index < -0.39 is 5.41 Å². The minimum atomic E-state index is -0.762. The van der Waals surface area contributed by atoms with Gasteiger partial charge in [-0.1, -0.05) is 39.0 Å². The predicted octanol–water partition coefficient (Wildman–Crippen LogP) is 3.19. The van der Waals surface area contributed by atoms with E-state index >= 15 is 0 Å². The lowest BCUT2D eigenvalue weighted by Crippen LogP contribution is -2.17. The lowest BCUT2D eigenvalue weighted by molar-refractivity contribution is -0.148. The Morgan fingerprint density at radius 3 is 2.44 bits per heavy atom. The van der Waals surface area contributed by atoms with E-state index in [1.165, 1.54) is 25.7 Å². The third-order valence-corrected chi connectivity index (χ3v) is 3.09. The van der Waals surface area contributed by atoms with Crippen LogP contribution in [0.5, 0.6) is 0 Å². The zero-order chi connectivity index (χ0) is 11.9. The second-order valence-electron chi connectivity index (χ2n) is 4.60. The summed E-state index contributed by atoms with van der Waals surface area (Å²) in [5, 5.41) is 8.78. The predicted molar refractivity (Wildman–Crippen MR) is 61.6 cm³/mol. The van der Waals surface area contributed by atoms with E-state index in [0.717, 1.165) is 12.8 Å². The molecule has 0 spiro atoms. The van der Waals surface area contributed by atoms with Gasteiger partial charge in [-0.15, -0.1) is 0 Å². The molecule has 0 aromatic carbocycles. The number of hydrogen-bond donors (Lipinski definition) is 0. The van der Waals surface area contributed by atoms with Gasteiger partial charge in [0, 0.05) is 0 Å². The van der Waals surface area contributed by atoms with Crippen LogP contribution in [-0.2, 0) is 9.53 Å². The van der Waals surface area contributed by atoms with E-state index in [9.17, 15) is 4.79 Å². The highest BCUT2D eigenvalue weighted by atomic mass is 16.5. The van der Waals surface area contributed by atoms with E-state index in [4.69, 9.17) is 10.00 Å². The van der Waals surface area contributed by atoms with E-state index in [1.807, 2.05) is 6.07 Å². The van der Waals surface area contributed by atoms with Crippen LogP contribution in [0.3, 0.4) is 0 Å². The van der Waals surface area contributed by atoms with E-state index in [0.29, 0.717) is 19.4 Å². The van der Waals surface area contributed by atoms with Gasteiger partial charge in [0.25, 0.3) is 0 Å². The van der Waals surface area contributed by atoms with Gasteiger partial charge in [-0.3, -0.25) is 4.79 Å². The van der Waals surface area contributed by atoms with Crippen molar-refractivity contribution >= 4 is 5.97 Å². The van der Waals surface area contributed by atoms with Crippen LogP contribution in [0.15, 0.2) is 0 Å². The standard InChI is InChI=1S/C13H21NO2/c1-2-3-4-5-6-7-10-16-12(15)13(11-14)8-9-13/h2-10H2,1H3. The molecule has 0 atom stereocenters. The van der Waals surface area contributed by atoms with Crippen molar-refractivity contribution in [1.82, 2.24) is 0 Å². The molecule has 90 valence electrons. The average Bonchev–Trinajstić information content (AvgIpc) is 3.08. The second-order valence-corrected chi connectivity index (χ2v) is 4.60. The van der Waals surface area contributed by atoms with Crippen LogP contribution >= 0.6 is 0 Å². The van der Waals surface area contributed by atoms with Gasteiger partial charge < -0.3 is 4.74 Å². The van der Waals surface area contributed by atoms with Crippen LogP contribution in [-0.4, -0.2) is 12.6 Å². The molecule has 1 aliphatic carbocycles. The molecule has 0 aromatic heterocycles. The Bertz CT molecular complexity index is 264. The number of unbranched alkanes of at least 4 members (excludes halogenated alkanes) is 5. The van der Waals surface area contributed by atoms with Crippen molar-refractivity contribution in [1.29, 1.82) is 5.26 Å². The molecule has 16 heavy (non-hydrogen) atoms. The fourth-order valence-electron chi connectivity index (χ4n) is 1.67. The molecule has 1 saturated carbocycles. The topological polar surface area (TPSA) is 50.1 Å². The highest BCUT2D eigenvalue weighted by Gasteiger charge is 2.52. The normalized spacial score (nSPS) is 16.5. The van der Waals surface area contributed by atoms with Crippen molar-refractivity contribution in [2.75, 3.05) is 6.61 Å². The molecule has 0 radical (unpaired) electrons. The quantitative estimate of drug-likeness (QED) is 0.469. The van der Waals surface area contributed by atoms with Gasteiger partial charge >= 0.3 is 5.97 Å². The van der Waals surface area contributed by atoms with Gasteiger partial charge in [0.15, 0.2) is 5.41 Å². The number of rotatable bonds is 8. The smallest absolute Gasteiger partial charge is 0.326 e. The van der Waals surface area contributed by atoms with Gasteiger partial charge in [-0.2, -0.15) is 5.26 Å². The third kappa shape index (κ3) is 3.84. The summed E-state index contributed by atoms with van der Waals surface area (Å²) >= 11 is 0. The van der Waals surface area contributed by atoms with Crippen LogP contribution in [0.4, 0.5) is 0 Å². The van der Waals surface area contributed by atoms with Crippen molar-refractivity contribution in [2.45, 2.75) is 58.3 Å². The fourth-order valence-corrected chi connectivity index (χ4v) is 1.67. The number of nitriles is 1. The van der Waals surface area contributed by atoms with E-state index in [1.54, 1.807) is 0 Å². The number of ether oxygens (including phenoxy) is 1. The Hall–Kier alpha value is -1.04. The third-order valence-electron chi connectivity index (χ3n) is 3.09. The van der Waals surface area contributed by atoms with E-state index in [2.05, 4.69) is 6.92 Å². The first-order chi connectivity index (χ1) is 7.75. The fraction of sp³-hybridized carbons (Fsp3) is 0.846. The van der Waals surface area contributed by atoms with Crippen LogP contribution in [0, 0.1) is 16.7 Å². The lowest BCUT2D eigenvalue weighted by atomic mass is 10.1. The molecular weight excluding hydrogens is 202 g/mol. The largest absolute Gasteiger partial charge is 0.465 e. The molecule has 0 bridgehead atoms. The van der Waals surface area contributed by atoms with E-state index in [-0.39, 0.29) is 5.97 Å². The molecule has 1 rings (SSSR count). The van der Waals surface area contributed by atoms with Crippen molar-refractivity contribution in [2.24, 2.45) is 5.41 Å². The lowest BCUT2D eigenvalue weighted by Gasteiger charge is -2.07. The molecule has 0 aromatic rings. The molecule has 0 heterocycles. The summed E-state index contributed by atoms with van der Waals surface area (Å²) in [7, 11) is 0. The summed E-state index contributed by atoms with van der Waals surface area (Å²) in [6.45, 7) is 2.67. The minimum absolute atomic E-state index is 0.302. The first kappa shape index (κ1) is 13.0. The van der Waals surface area contributed by atoms with Gasteiger partial charge in [0.05, 0.1) is 12.7 Å². The molecule has 0 saturated heterocycles. The summed E-state index contributed by atoms with van der Waals surface area (Å²) in [5.74, 6) is -0.302. The Morgan fingerprint density at radius 2 is 1.88 bits per heavy atom. The minimum Gasteiger partial charge on any atom is -0.465 e. The van der Waals surface area contributed by atoms with Crippen molar-refractivity contribution < 1.29 is 9.53 Å². The summed E-state index contributed by atoms with van der Waals surface area (Å²) < 4.78 is 5.11. The van der Waals surface area contributed by atoms with Crippen LogP contribution in [0.1, 0.15) is 58.3 Å². The maximum Gasteiger partial charge on any atom is 0.326 e. The molecule has 3 heteroatoms. The van der Waals surface area contributed by atoms with Gasteiger partial charge in [0.1, 0.15) is 0 Å². The number of nitrogens with zero attached hydrogens (tertiary/aromatic N) is 1. The molecule has 0 aliphatic heterocycles. The Morgan fingerprint density at radius 1 is 1.25 bits per heavy atom. The van der Waals surface area contributed by atoms with Crippen molar-refractivity contribution in [3.05, 3.63) is 0 Å². The number of carbonyl (C=O) groups excluding carboxylic acids is 1. The van der Waals surface area contributed by atoms with Gasteiger partial charge in [-0.05, 0) is 19.3 Å². The summed E-state index contributed by atoms with van der Waals surface area (Å²) in [6.07, 6.45) is 8.43.